The molecule has 4 aromatic rings. The summed E-state index contributed by atoms with van der Waals surface area (Å²) in [6, 6.07) is 8.82. The molecule has 0 unspecified atom stereocenters. The lowest BCUT2D eigenvalue weighted by molar-refractivity contribution is 0.382. The Kier molecular flexibility index (Phi) is 4.63. The summed E-state index contributed by atoms with van der Waals surface area (Å²) in [5.74, 6) is 0.370. The van der Waals surface area contributed by atoms with E-state index in [0.717, 1.165) is 31.5 Å². The molecule has 0 atom stereocenters. The van der Waals surface area contributed by atoms with Crippen molar-refractivity contribution < 1.29 is 4.42 Å². The van der Waals surface area contributed by atoms with Crippen LogP contribution < -0.4 is 16.2 Å². The third-order valence-electron chi connectivity index (χ3n) is 7.10. The first-order chi connectivity index (χ1) is 16.8. The molecule has 0 spiro atoms. The lowest BCUT2D eigenvalue weighted by atomic mass is 9.85. The van der Waals surface area contributed by atoms with Gasteiger partial charge in [-0.1, -0.05) is 6.07 Å². The highest BCUT2D eigenvalue weighted by molar-refractivity contribution is 5.76. The van der Waals surface area contributed by atoms with Crippen LogP contribution in [0.15, 0.2) is 39.9 Å². The van der Waals surface area contributed by atoms with E-state index in [2.05, 4.69) is 57.6 Å². The molecule has 10 heteroatoms. The molecule has 178 valence electrons. The molecule has 0 radical (unpaired) electrons. The number of anilines is 2. The van der Waals surface area contributed by atoms with Gasteiger partial charge in [0.2, 0.25) is 5.95 Å². The van der Waals surface area contributed by atoms with E-state index >= 15 is 0 Å². The predicted octanol–water partition coefficient (Wildman–Crippen LogP) is 3.27. The second-order valence-corrected chi connectivity index (χ2v) is 9.77. The predicted molar refractivity (Wildman–Crippen MR) is 130 cm³/mol. The Bertz CT molecular complexity index is 1560. The fraction of sp³-hybridized carbons (Fsp3) is 0.400. The summed E-state index contributed by atoms with van der Waals surface area (Å²) < 4.78 is 8.82. The number of fused-ring (bicyclic) bond motifs is 2. The van der Waals surface area contributed by atoms with Gasteiger partial charge in [-0.05, 0) is 69.8 Å². The van der Waals surface area contributed by atoms with Gasteiger partial charge in [-0.25, -0.2) is 9.67 Å². The number of aromatic nitrogens is 5. The number of nitrogens with zero attached hydrogens (tertiary/aromatic N) is 6. The lowest BCUT2D eigenvalue weighted by Crippen LogP contribution is -2.42. The largest absolute Gasteiger partial charge is 0.430 e. The van der Waals surface area contributed by atoms with Gasteiger partial charge in [-0.15, -0.1) is 0 Å². The summed E-state index contributed by atoms with van der Waals surface area (Å²) in [7, 11) is 0. The quantitative estimate of drug-likeness (QED) is 0.455. The van der Waals surface area contributed by atoms with Crippen LogP contribution in [0, 0.1) is 11.3 Å². The fourth-order valence-electron chi connectivity index (χ4n) is 4.92. The summed E-state index contributed by atoms with van der Waals surface area (Å²) in [4.78, 5) is 26.7. The molecule has 10 nitrogen and oxygen atoms in total. The first-order valence-electron chi connectivity index (χ1n) is 11.9. The molecule has 2 aliphatic rings. The average Bonchev–Trinajstić information content (AvgIpc) is 3.40. The van der Waals surface area contributed by atoms with Crippen molar-refractivity contribution in [1.29, 1.82) is 5.26 Å². The number of oxazole rings is 1. The summed E-state index contributed by atoms with van der Waals surface area (Å²) in [5.41, 5.74) is 3.56. The van der Waals surface area contributed by atoms with Crippen LogP contribution in [0.5, 0.6) is 0 Å². The number of hydrogen-bond donors (Lipinski definition) is 2. The minimum absolute atomic E-state index is 0.0693. The third kappa shape index (κ3) is 3.34. The van der Waals surface area contributed by atoms with E-state index in [4.69, 9.17) is 4.42 Å². The normalized spacial score (nSPS) is 17.7. The molecule has 6 rings (SSSR count). The van der Waals surface area contributed by atoms with Crippen molar-refractivity contribution in [1.82, 2.24) is 29.6 Å². The van der Waals surface area contributed by atoms with E-state index in [0.29, 0.717) is 29.2 Å². The smallest absolute Gasteiger partial charge is 0.323 e. The van der Waals surface area contributed by atoms with Crippen molar-refractivity contribution in [2.75, 3.05) is 11.9 Å². The summed E-state index contributed by atoms with van der Waals surface area (Å²) in [6.45, 7) is 7.56. The van der Waals surface area contributed by atoms with Gasteiger partial charge in [0.1, 0.15) is 22.8 Å². The average molecular weight is 471 g/mol. The molecule has 1 saturated carbocycles. The van der Waals surface area contributed by atoms with E-state index in [1.54, 1.807) is 4.68 Å². The van der Waals surface area contributed by atoms with E-state index in [1.165, 1.54) is 28.3 Å². The zero-order chi connectivity index (χ0) is 24.4. The van der Waals surface area contributed by atoms with Crippen molar-refractivity contribution in [2.24, 2.45) is 0 Å². The molecular formula is C25H26N8O2. The van der Waals surface area contributed by atoms with E-state index in [1.807, 2.05) is 13.0 Å². The van der Waals surface area contributed by atoms with Gasteiger partial charge in [0.05, 0.1) is 6.07 Å². The Labute approximate surface area is 201 Å². The molecule has 2 N–H and O–H groups in total. The topological polar surface area (TPSA) is 127 Å². The zero-order valence-corrected chi connectivity index (χ0v) is 19.9. The molecule has 1 aromatic carbocycles. The lowest BCUT2D eigenvalue weighted by Gasteiger charge is -2.34. The summed E-state index contributed by atoms with van der Waals surface area (Å²) >= 11 is 0. The second kappa shape index (κ2) is 7.52. The molecule has 3 aromatic heterocycles. The molecule has 0 amide bonds. The van der Waals surface area contributed by atoms with Gasteiger partial charge >= 0.3 is 6.01 Å². The van der Waals surface area contributed by atoms with Crippen LogP contribution in [0.25, 0.3) is 17.0 Å². The first kappa shape index (κ1) is 21.6. The van der Waals surface area contributed by atoms with Gasteiger partial charge in [-0.2, -0.15) is 19.9 Å². The fourth-order valence-corrected chi connectivity index (χ4v) is 4.92. The molecule has 1 aliphatic carbocycles. The minimum atomic E-state index is -0.583. The number of hydrogen-bond acceptors (Lipinski definition) is 8. The van der Waals surface area contributed by atoms with Gasteiger partial charge < -0.3 is 15.1 Å². The van der Waals surface area contributed by atoms with Gasteiger partial charge in [0.15, 0.2) is 5.65 Å². The van der Waals surface area contributed by atoms with Crippen LogP contribution in [-0.2, 0) is 23.9 Å². The Balaban J connectivity index is 1.41. The highest BCUT2D eigenvalue weighted by Gasteiger charge is 2.48. The van der Waals surface area contributed by atoms with Crippen LogP contribution in [0.1, 0.15) is 50.4 Å². The van der Waals surface area contributed by atoms with E-state index < -0.39 is 5.41 Å². The van der Waals surface area contributed by atoms with Crippen molar-refractivity contribution >= 4 is 22.7 Å². The molecule has 4 heterocycles. The highest BCUT2D eigenvalue weighted by Crippen LogP contribution is 2.47. The van der Waals surface area contributed by atoms with Crippen LogP contribution in [0.3, 0.4) is 0 Å². The van der Waals surface area contributed by atoms with Crippen LogP contribution in [0.2, 0.25) is 0 Å². The number of rotatable bonds is 5. The second-order valence-electron chi connectivity index (χ2n) is 9.77. The Morgan fingerprint density at radius 1 is 1.29 bits per heavy atom. The molecule has 1 aliphatic heterocycles. The maximum atomic E-state index is 13.0. The van der Waals surface area contributed by atoms with Gasteiger partial charge in [0, 0.05) is 24.0 Å². The van der Waals surface area contributed by atoms with E-state index in [-0.39, 0.29) is 17.1 Å². The highest BCUT2D eigenvalue weighted by atomic mass is 16.4. The van der Waals surface area contributed by atoms with Crippen LogP contribution >= 0.6 is 0 Å². The Hall–Kier alpha value is -3.97. The third-order valence-corrected chi connectivity index (χ3v) is 7.10. The molecule has 1 fully saturated rings. The van der Waals surface area contributed by atoms with Crippen molar-refractivity contribution in [2.45, 2.75) is 57.5 Å². The maximum absolute atomic E-state index is 13.0. The van der Waals surface area contributed by atoms with E-state index in [9.17, 15) is 10.1 Å². The number of benzene rings is 1. The molecule has 35 heavy (non-hydrogen) atoms. The van der Waals surface area contributed by atoms with Crippen molar-refractivity contribution in [3.8, 4) is 12.1 Å². The first-order valence-corrected chi connectivity index (χ1v) is 11.9. The number of nitriles is 1. The zero-order valence-electron chi connectivity index (χ0n) is 19.9. The van der Waals surface area contributed by atoms with Crippen molar-refractivity contribution in [3.05, 3.63) is 57.8 Å². The van der Waals surface area contributed by atoms with Crippen LogP contribution in [-0.4, -0.2) is 30.9 Å². The van der Waals surface area contributed by atoms with Crippen LogP contribution in [0.4, 0.5) is 11.6 Å². The standard InChI is InChI=1S/C25H26N8O2/c1-4-32-21(34)17-12-27-22(29-16-5-6-18-15(11-16)7-10-28-24(18,2)3)31-20(17)33(32)23-30-19(13-35-23)25(14-26)8-9-25/h5-6,11-13,28H,4,7-10H2,1-3H3,(H,27,29,31). The molecule has 0 saturated heterocycles. The van der Waals surface area contributed by atoms with Crippen molar-refractivity contribution in [3.63, 3.8) is 0 Å². The summed E-state index contributed by atoms with van der Waals surface area (Å²) in [5, 5.41) is 16.7. The SMILES string of the molecule is CCn1c(=O)c2cnc(Nc3ccc4c(c3)CCNC4(C)C)nc2n1-c1nc(C2(C#N)CC2)co1. The number of nitrogens with one attached hydrogen (secondary N) is 2. The Morgan fingerprint density at radius 3 is 2.86 bits per heavy atom. The van der Waals surface area contributed by atoms with Gasteiger partial charge in [-0.3, -0.25) is 4.79 Å². The maximum Gasteiger partial charge on any atom is 0.323 e. The Morgan fingerprint density at radius 2 is 2.11 bits per heavy atom. The minimum Gasteiger partial charge on any atom is -0.430 e. The molecular weight excluding hydrogens is 444 g/mol. The summed E-state index contributed by atoms with van der Waals surface area (Å²) in [6.07, 6.45) is 5.50. The van der Waals surface area contributed by atoms with Gasteiger partial charge in [0.25, 0.3) is 5.56 Å². The molecule has 0 bridgehead atoms. The monoisotopic (exact) mass is 470 g/mol.